The van der Waals surface area contributed by atoms with Crippen molar-refractivity contribution in [3.63, 3.8) is 0 Å². The van der Waals surface area contributed by atoms with Gasteiger partial charge in [-0.05, 0) is 31.2 Å². The van der Waals surface area contributed by atoms with Gasteiger partial charge >= 0.3 is 0 Å². The van der Waals surface area contributed by atoms with Gasteiger partial charge in [0.25, 0.3) is 17.7 Å². The van der Waals surface area contributed by atoms with Crippen molar-refractivity contribution < 1.29 is 19.1 Å². The predicted octanol–water partition coefficient (Wildman–Crippen LogP) is 2.62. The van der Waals surface area contributed by atoms with Gasteiger partial charge in [0, 0.05) is 18.7 Å². The topological polar surface area (TPSA) is 113 Å². The highest BCUT2D eigenvalue weighted by Gasteiger charge is 2.21. The van der Waals surface area contributed by atoms with E-state index in [1.54, 1.807) is 55.5 Å². The van der Waals surface area contributed by atoms with Gasteiger partial charge in [-0.1, -0.05) is 41.7 Å². The molecule has 33 heavy (non-hydrogen) atoms. The fourth-order valence-corrected chi connectivity index (χ4v) is 4.31. The van der Waals surface area contributed by atoms with E-state index in [1.807, 2.05) is 6.07 Å². The van der Waals surface area contributed by atoms with Gasteiger partial charge in [0.15, 0.2) is 5.13 Å². The Kier molecular flexibility index (Phi) is 6.96. The SMILES string of the molecule is Cc1nc(N2CCOCC2)sc1C(=O)NNC(=O)c1ccccc1NC(=O)c1ccccc1. The number of carbonyl (C=O) groups excluding carboxylic acids is 3. The maximum atomic E-state index is 12.7. The second-order valence-electron chi connectivity index (χ2n) is 7.28. The van der Waals surface area contributed by atoms with Gasteiger partial charge in [-0.3, -0.25) is 25.2 Å². The van der Waals surface area contributed by atoms with Crippen LogP contribution in [0.2, 0.25) is 0 Å². The molecule has 0 aliphatic carbocycles. The Morgan fingerprint density at radius 3 is 2.33 bits per heavy atom. The van der Waals surface area contributed by atoms with Crippen molar-refractivity contribution in [2.24, 2.45) is 0 Å². The number of amides is 3. The molecule has 1 aliphatic heterocycles. The highest BCUT2D eigenvalue weighted by molar-refractivity contribution is 7.17. The molecular formula is C23H23N5O4S. The number of ether oxygens (including phenoxy) is 1. The van der Waals surface area contributed by atoms with Crippen LogP contribution in [0.4, 0.5) is 10.8 Å². The minimum Gasteiger partial charge on any atom is -0.378 e. The number of anilines is 2. The van der Waals surface area contributed by atoms with Gasteiger partial charge in [0.2, 0.25) is 0 Å². The maximum Gasteiger partial charge on any atom is 0.281 e. The number of aryl methyl sites for hydroxylation is 1. The lowest BCUT2D eigenvalue weighted by Crippen LogP contribution is -2.41. The molecular weight excluding hydrogens is 442 g/mol. The Morgan fingerprint density at radius 2 is 1.58 bits per heavy atom. The number of hydrogen-bond donors (Lipinski definition) is 3. The number of rotatable bonds is 5. The van der Waals surface area contributed by atoms with Gasteiger partial charge < -0.3 is 15.0 Å². The second kappa shape index (κ2) is 10.2. The molecule has 10 heteroatoms. The van der Waals surface area contributed by atoms with Crippen LogP contribution in [0, 0.1) is 6.92 Å². The molecule has 9 nitrogen and oxygen atoms in total. The van der Waals surface area contributed by atoms with Gasteiger partial charge in [0.05, 0.1) is 30.2 Å². The van der Waals surface area contributed by atoms with Crippen LogP contribution in [-0.4, -0.2) is 49.0 Å². The number of carbonyl (C=O) groups is 3. The third kappa shape index (κ3) is 5.36. The molecule has 0 spiro atoms. The number of benzene rings is 2. The summed E-state index contributed by atoms with van der Waals surface area (Å²) < 4.78 is 5.35. The molecule has 1 aromatic heterocycles. The van der Waals surface area contributed by atoms with Crippen LogP contribution < -0.4 is 21.1 Å². The molecule has 0 unspecified atom stereocenters. The molecule has 2 heterocycles. The van der Waals surface area contributed by atoms with Crippen molar-refractivity contribution in [2.75, 3.05) is 36.5 Å². The monoisotopic (exact) mass is 465 g/mol. The Morgan fingerprint density at radius 1 is 0.909 bits per heavy atom. The first-order chi connectivity index (χ1) is 16.0. The highest BCUT2D eigenvalue weighted by atomic mass is 32.1. The summed E-state index contributed by atoms with van der Waals surface area (Å²) in [5.74, 6) is -1.35. The van der Waals surface area contributed by atoms with Crippen LogP contribution in [0.15, 0.2) is 54.6 Å². The number of nitrogens with zero attached hydrogens (tertiary/aromatic N) is 2. The first-order valence-corrected chi connectivity index (χ1v) is 11.2. The molecule has 170 valence electrons. The lowest BCUT2D eigenvalue weighted by atomic mass is 10.1. The Labute approximate surface area is 194 Å². The first kappa shape index (κ1) is 22.4. The first-order valence-electron chi connectivity index (χ1n) is 10.4. The van der Waals surface area contributed by atoms with E-state index < -0.39 is 11.8 Å². The largest absolute Gasteiger partial charge is 0.378 e. The Hall–Kier alpha value is -3.76. The van der Waals surface area contributed by atoms with Crippen molar-refractivity contribution in [2.45, 2.75) is 6.92 Å². The summed E-state index contributed by atoms with van der Waals surface area (Å²) in [6.07, 6.45) is 0. The zero-order valence-corrected chi connectivity index (χ0v) is 18.8. The maximum absolute atomic E-state index is 12.7. The summed E-state index contributed by atoms with van der Waals surface area (Å²) in [7, 11) is 0. The normalized spacial score (nSPS) is 13.3. The van der Waals surface area contributed by atoms with Crippen LogP contribution in [0.3, 0.4) is 0 Å². The van der Waals surface area contributed by atoms with Crippen molar-refractivity contribution in [1.82, 2.24) is 15.8 Å². The molecule has 3 N–H and O–H groups in total. The average molecular weight is 466 g/mol. The number of hydrazine groups is 1. The number of thiazole rings is 1. The zero-order valence-electron chi connectivity index (χ0n) is 18.0. The fourth-order valence-electron chi connectivity index (χ4n) is 3.29. The summed E-state index contributed by atoms with van der Waals surface area (Å²) in [5.41, 5.74) is 6.48. The number of para-hydroxylation sites is 1. The van der Waals surface area contributed by atoms with Crippen LogP contribution in [0.5, 0.6) is 0 Å². The number of nitrogens with one attached hydrogen (secondary N) is 3. The molecule has 4 rings (SSSR count). The molecule has 0 bridgehead atoms. The molecule has 1 saturated heterocycles. The minimum atomic E-state index is -0.553. The van der Waals surface area contributed by atoms with Crippen LogP contribution in [-0.2, 0) is 4.74 Å². The molecule has 1 fully saturated rings. The number of aromatic nitrogens is 1. The molecule has 3 aromatic rings. The lowest BCUT2D eigenvalue weighted by molar-refractivity contribution is 0.0848. The van der Waals surface area contributed by atoms with Gasteiger partial charge in [-0.25, -0.2) is 4.98 Å². The van der Waals surface area contributed by atoms with Gasteiger partial charge in [0.1, 0.15) is 4.88 Å². The van der Waals surface area contributed by atoms with E-state index in [0.717, 1.165) is 18.2 Å². The third-order valence-corrected chi connectivity index (χ3v) is 6.24. The lowest BCUT2D eigenvalue weighted by Gasteiger charge is -2.25. The van der Waals surface area contributed by atoms with E-state index in [1.165, 1.54) is 11.3 Å². The Balaban J connectivity index is 1.41. The fraction of sp³-hybridized carbons (Fsp3) is 0.217. The summed E-state index contributed by atoms with van der Waals surface area (Å²) in [6.45, 7) is 4.44. The smallest absolute Gasteiger partial charge is 0.281 e. The average Bonchev–Trinajstić information content (AvgIpc) is 3.25. The molecule has 2 aromatic carbocycles. The van der Waals surface area contributed by atoms with Gasteiger partial charge in [-0.15, -0.1) is 0 Å². The van der Waals surface area contributed by atoms with E-state index in [-0.39, 0.29) is 11.5 Å². The van der Waals surface area contributed by atoms with Crippen molar-refractivity contribution in [1.29, 1.82) is 0 Å². The molecule has 0 saturated carbocycles. The molecule has 1 aliphatic rings. The van der Waals surface area contributed by atoms with Gasteiger partial charge in [-0.2, -0.15) is 0 Å². The van der Waals surface area contributed by atoms with Crippen molar-refractivity contribution >= 4 is 39.9 Å². The van der Waals surface area contributed by atoms with E-state index in [9.17, 15) is 14.4 Å². The summed E-state index contributed by atoms with van der Waals surface area (Å²) in [4.78, 5) is 44.9. The van der Waals surface area contributed by atoms with E-state index in [2.05, 4.69) is 26.1 Å². The molecule has 0 atom stereocenters. The van der Waals surface area contributed by atoms with Crippen molar-refractivity contribution in [3.8, 4) is 0 Å². The van der Waals surface area contributed by atoms with E-state index >= 15 is 0 Å². The standard InChI is InChI=1S/C23H23N5O4S/c1-15-19(33-23(24-15)28-11-13-32-14-12-28)22(31)27-26-21(30)17-9-5-6-10-18(17)25-20(29)16-7-3-2-4-8-16/h2-10H,11-14H2,1H3,(H,25,29)(H,26,30)(H,27,31). The summed E-state index contributed by atoms with van der Waals surface area (Å²) in [6, 6.07) is 15.3. The zero-order chi connectivity index (χ0) is 23.2. The summed E-state index contributed by atoms with van der Waals surface area (Å²) in [5, 5.41) is 3.49. The highest BCUT2D eigenvalue weighted by Crippen LogP contribution is 2.26. The van der Waals surface area contributed by atoms with Crippen LogP contribution >= 0.6 is 11.3 Å². The number of morpholine rings is 1. The molecule has 3 amide bonds. The minimum absolute atomic E-state index is 0.220. The number of hydrogen-bond acceptors (Lipinski definition) is 7. The van der Waals surface area contributed by atoms with Crippen molar-refractivity contribution in [3.05, 3.63) is 76.3 Å². The third-order valence-electron chi connectivity index (χ3n) is 5.02. The van der Waals surface area contributed by atoms with Crippen LogP contribution in [0.1, 0.15) is 36.1 Å². The van der Waals surface area contributed by atoms with E-state index in [4.69, 9.17) is 4.74 Å². The Bertz CT molecular complexity index is 1160. The summed E-state index contributed by atoms with van der Waals surface area (Å²) >= 11 is 1.27. The quantitative estimate of drug-likeness (QED) is 0.500. The predicted molar refractivity (Wildman–Crippen MR) is 126 cm³/mol. The molecule has 0 radical (unpaired) electrons. The second-order valence-corrected chi connectivity index (χ2v) is 8.26. The van der Waals surface area contributed by atoms with E-state index in [0.29, 0.717) is 35.0 Å². The van der Waals surface area contributed by atoms with Crippen LogP contribution in [0.25, 0.3) is 0 Å².